The average Bonchev–Trinajstić information content (AvgIpc) is 2.93. The second-order valence-corrected chi connectivity index (χ2v) is 10.9. The van der Waals surface area contributed by atoms with Gasteiger partial charge in [0.2, 0.25) is 0 Å². The Kier molecular flexibility index (Phi) is 9.22. The van der Waals surface area contributed by atoms with E-state index in [1.54, 1.807) is 49.0 Å². The van der Waals surface area contributed by atoms with Crippen molar-refractivity contribution in [1.82, 2.24) is 19.4 Å². The predicted molar refractivity (Wildman–Crippen MR) is 159 cm³/mol. The van der Waals surface area contributed by atoms with Crippen LogP contribution in [0.3, 0.4) is 0 Å². The predicted octanol–water partition coefficient (Wildman–Crippen LogP) is 4.36. The molecule has 0 aliphatic heterocycles. The maximum absolute atomic E-state index is 14.0. The van der Waals surface area contributed by atoms with Gasteiger partial charge in [-0.15, -0.1) is 0 Å². The fraction of sp³-hybridized carbons (Fsp3) is 0.355. The molecule has 0 radical (unpaired) electrons. The van der Waals surface area contributed by atoms with Gasteiger partial charge in [0.05, 0.1) is 10.9 Å². The summed E-state index contributed by atoms with van der Waals surface area (Å²) in [5.41, 5.74) is 7.39. The monoisotopic (exact) mass is 561 g/mol. The van der Waals surface area contributed by atoms with Gasteiger partial charge in [-0.2, -0.15) is 0 Å². The fourth-order valence-corrected chi connectivity index (χ4v) is 5.06. The number of rotatable bonds is 9. The highest BCUT2D eigenvalue weighted by atomic mass is 35.5. The Hall–Kier alpha value is -3.75. The van der Waals surface area contributed by atoms with E-state index in [1.165, 1.54) is 9.80 Å². The van der Waals surface area contributed by atoms with Crippen molar-refractivity contribution < 1.29 is 9.59 Å². The molecule has 3 atom stereocenters. The van der Waals surface area contributed by atoms with Gasteiger partial charge in [-0.05, 0) is 56.1 Å². The number of hydrogen-bond donors (Lipinski definition) is 1. The normalized spacial score (nSPS) is 17.1. The molecule has 1 aliphatic carbocycles. The smallest absolute Gasteiger partial charge is 0.261 e. The molecule has 3 unspecified atom stereocenters. The Bertz CT molecular complexity index is 1510. The molecule has 210 valence electrons. The van der Waals surface area contributed by atoms with E-state index in [1.807, 2.05) is 31.2 Å². The summed E-state index contributed by atoms with van der Waals surface area (Å²) in [4.78, 5) is 49.8. The van der Waals surface area contributed by atoms with Crippen LogP contribution >= 0.6 is 11.6 Å². The number of aryl methyl sites for hydroxylation is 1. The van der Waals surface area contributed by atoms with Crippen LogP contribution in [0.15, 0.2) is 71.6 Å². The van der Waals surface area contributed by atoms with Crippen LogP contribution in [-0.4, -0.2) is 58.4 Å². The van der Waals surface area contributed by atoms with Gasteiger partial charge in [0.15, 0.2) is 6.04 Å². The summed E-state index contributed by atoms with van der Waals surface area (Å²) in [7, 11) is 3.26. The van der Waals surface area contributed by atoms with E-state index in [4.69, 9.17) is 22.3 Å². The molecule has 1 heterocycles. The van der Waals surface area contributed by atoms with Crippen LogP contribution in [-0.2, 0) is 11.3 Å². The van der Waals surface area contributed by atoms with Crippen LogP contribution in [0.5, 0.6) is 0 Å². The molecule has 0 bridgehead atoms. The van der Waals surface area contributed by atoms with Gasteiger partial charge >= 0.3 is 0 Å². The van der Waals surface area contributed by atoms with Crippen LogP contribution in [0, 0.1) is 18.8 Å². The van der Waals surface area contributed by atoms with Crippen molar-refractivity contribution in [2.75, 3.05) is 27.2 Å². The molecule has 3 aromatic rings. The van der Waals surface area contributed by atoms with Crippen LogP contribution in [0.25, 0.3) is 10.9 Å². The lowest BCUT2D eigenvalue weighted by Crippen LogP contribution is -2.47. The van der Waals surface area contributed by atoms with Gasteiger partial charge in [-0.1, -0.05) is 60.5 Å². The van der Waals surface area contributed by atoms with E-state index >= 15 is 0 Å². The molecule has 0 saturated carbocycles. The number of amides is 2. The van der Waals surface area contributed by atoms with Crippen molar-refractivity contribution in [3.05, 3.63) is 99.1 Å². The van der Waals surface area contributed by atoms with E-state index in [2.05, 4.69) is 19.1 Å². The fourth-order valence-electron chi connectivity index (χ4n) is 4.90. The third-order valence-corrected chi connectivity index (χ3v) is 7.53. The summed E-state index contributed by atoms with van der Waals surface area (Å²) in [6.45, 7) is 4.85. The number of carbonyl (C=O) groups excluding carboxylic acids is 2. The zero-order valence-corrected chi connectivity index (χ0v) is 24.1. The average molecular weight is 562 g/mol. The lowest BCUT2D eigenvalue weighted by Gasteiger charge is -2.34. The second kappa shape index (κ2) is 12.6. The zero-order chi connectivity index (χ0) is 29.0. The second-order valence-electron chi connectivity index (χ2n) is 10.5. The Morgan fingerprint density at radius 1 is 1.10 bits per heavy atom. The van der Waals surface area contributed by atoms with Crippen molar-refractivity contribution in [3.8, 4) is 0 Å². The van der Waals surface area contributed by atoms with Crippen LogP contribution in [0.1, 0.15) is 41.1 Å². The summed E-state index contributed by atoms with van der Waals surface area (Å²) in [5, 5.41) is 0.814. The van der Waals surface area contributed by atoms with Crippen molar-refractivity contribution in [1.29, 1.82) is 0 Å². The lowest BCUT2D eigenvalue weighted by atomic mass is 9.90. The first kappa shape index (κ1) is 29.2. The number of hydrogen-bond acceptors (Lipinski definition) is 5. The third-order valence-electron chi connectivity index (χ3n) is 7.29. The highest BCUT2D eigenvalue weighted by Gasteiger charge is 2.37. The van der Waals surface area contributed by atoms with E-state index in [9.17, 15) is 14.4 Å². The number of nitrogens with two attached hydrogens (primary N) is 1. The molecule has 2 N–H and O–H groups in total. The SMILES string of the molecule is Cc1ccc(C(=O)N(CCCN)C(C(=O)N(C)C)c2nc3cc(Cl)ccc3c(=O)n2CC2C=CC=CC2C)cc1. The van der Waals surface area contributed by atoms with Gasteiger partial charge in [-0.25, -0.2) is 4.98 Å². The van der Waals surface area contributed by atoms with Crippen LogP contribution in [0.4, 0.5) is 0 Å². The molecule has 2 aromatic carbocycles. The van der Waals surface area contributed by atoms with Gasteiger partial charge in [0, 0.05) is 43.7 Å². The molecule has 40 heavy (non-hydrogen) atoms. The number of halogens is 1. The molecule has 8 nitrogen and oxygen atoms in total. The maximum Gasteiger partial charge on any atom is 0.261 e. The summed E-state index contributed by atoms with van der Waals surface area (Å²) in [6.07, 6.45) is 8.55. The first-order valence-electron chi connectivity index (χ1n) is 13.5. The maximum atomic E-state index is 14.0. The number of carbonyl (C=O) groups is 2. The molecule has 1 aliphatic rings. The summed E-state index contributed by atoms with van der Waals surface area (Å²) >= 11 is 6.29. The number of likely N-dealkylation sites (N-methyl/N-ethyl adjacent to an activating group) is 1. The molecule has 9 heteroatoms. The summed E-state index contributed by atoms with van der Waals surface area (Å²) < 4.78 is 1.56. The Morgan fingerprint density at radius 3 is 2.45 bits per heavy atom. The highest BCUT2D eigenvalue weighted by molar-refractivity contribution is 6.31. The molecule has 0 saturated heterocycles. The van der Waals surface area contributed by atoms with Gasteiger partial charge in [0.25, 0.3) is 17.4 Å². The van der Waals surface area contributed by atoms with Crippen LogP contribution in [0.2, 0.25) is 5.02 Å². The molecule has 0 fully saturated rings. The molecular weight excluding hydrogens is 526 g/mol. The Labute approximate surface area is 239 Å². The topological polar surface area (TPSA) is 102 Å². The number of allylic oxidation sites excluding steroid dienone is 4. The Morgan fingerprint density at radius 2 is 1.80 bits per heavy atom. The molecule has 2 amide bonds. The minimum Gasteiger partial charge on any atom is -0.347 e. The Balaban J connectivity index is 1.97. The van der Waals surface area contributed by atoms with Gasteiger partial charge in [-0.3, -0.25) is 19.0 Å². The van der Waals surface area contributed by atoms with Crippen molar-refractivity contribution >= 4 is 34.3 Å². The minimum absolute atomic E-state index is 0.00611. The van der Waals surface area contributed by atoms with E-state index < -0.39 is 6.04 Å². The number of benzene rings is 2. The first-order chi connectivity index (χ1) is 19.1. The number of aromatic nitrogens is 2. The largest absolute Gasteiger partial charge is 0.347 e. The first-order valence-corrected chi connectivity index (χ1v) is 13.8. The molecule has 1 aromatic heterocycles. The quantitative estimate of drug-likeness (QED) is 0.418. The van der Waals surface area contributed by atoms with Crippen molar-refractivity contribution in [3.63, 3.8) is 0 Å². The standard InChI is InChI=1S/C31H36ClN5O3/c1-20-10-12-22(13-11-20)29(38)36(17-7-16-33)27(31(40)35(3)4)28-34-26-18-24(32)14-15-25(26)30(39)37(28)19-23-9-6-5-8-21(23)2/h5-6,8-15,18,21,23,27H,7,16-17,19,33H2,1-4H3. The molecular formula is C31H36ClN5O3. The summed E-state index contributed by atoms with van der Waals surface area (Å²) in [6, 6.07) is 10.9. The lowest BCUT2D eigenvalue weighted by molar-refractivity contribution is -0.134. The number of nitrogens with zero attached hydrogens (tertiary/aromatic N) is 4. The van der Waals surface area contributed by atoms with Crippen molar-refractivity contribution in [2.45, 2.75) is 32.9 Å². The van der Waals surface area contributed by atoms with E-state index in [0.717, 1.165) is 5.56 Å². The van der Waals surface area contributed by atoms with Gasteiger partial charge in [0.1, 0.15) is 5.82 Å². The number of fused-ring (bicyclic) bond motifs is 1. The highest BCUT2D eigenvalue weighted by Crippen LogP contribution is 2.28. The molecule has 0 spiro atoms. The van der Waals surface area contributed by atoms with Crippen LogP contribution < -0.4 is 11.3 Å². The zero-order valence-electron chi connectivity index (χ0n) is 23.4. The van der Waals surface area contributed by atoms with E-state index in [0.29, 0.717) is 41.0 Å². The molecule has 4 rings (SSSR count). The van der Waals surface area contributed by atoms with Gasteiger partial charge < -0.3 is 15.5 Å². The minimum atomic E-state index is -1.16. The van der Waals surface area contributed by atoms with Crippen molar-refractivity contribution in [2.24, 2.45) is 17.6 Å². The third kappa shape index (κ3) is 6.18. The summed E-state index contributed by atoms with van der Waals surface area (Å²) in [5.74, 6) is -0.350. The van der Waals surface area contributed by atoms with E-state index in [-0.39, 0.29) is 41.6 Å².